The first-order chi connectivity index (χ1) is 13.6. The van der Waals surface area contributed by atoms with E-state index in [0.29, 0.717) is 23.2 Å². The molecule has 0 N–H and O–H groups in total. The molecule has 2 saturated heterocycles. The zero-order valence-corrected chi connectivity index (χ0v) is 15.9. The van der Waals surface area contributed by atoms with Crippen molar-refractivity contribution in [1.82, 2.24) is 24.6 Å². The molecule has 8 nitrogen and oxygen atoms in total. The maximum atomic E-state index is 12.9. The summed E-state index contributed by atoms with van der Waals surface area (Å²) in [5, 5.41) is 4.23. The number of hydrogen-bond donors (Lipinski definition) is 0. The van der Waals surface area contributed by atoms with Gasteiger partial charge in [-0.05, 0) is 26.0 Å². The Kier molecular flexibility index (Phi) is 3.92. The first kappa shape index (κ1) is 17.0. The lowest BCUT2D eigenvalue weighted by atomic mass is 10.0. The lowest BCUT2D eigenvalue weighted by molar-refractivity contribution is 0.0781. The van der Waals surface area contributed by atoms with Gasteiger partial charge in [-0.1, -0.05) is 0 Å². The van der Waals surface area contributed by atoms with Gasteiger partial charge in [0, 0.05) is 56.5 Å². The minimum atomic E-state index is 0.0818. The molecule has 0 saturated carbocycles. The number of amides is 1. The second kappa shape index (κ2) is 6.47. The predicted molar refractivity (Wildman–Crippen MR) is 102 cm³/mol. The van der Waals surface area contributed by atoms with Gasteiger partial charge in [0.25, 0.3) is 5.91 Å². The van der Waals surface area contributed by atoms with Gasteiger partial charge in [0.05, 0.1) is 5.56 Å². The first-order valence-corrected chi connectivity index (χ1v) is 9.52. The topological polar surface area (TPSA) is 80.3 Å². The van der Waals surface area contributed by atoms with Crippen LogP contribution >= 0.6 is 0 Å². The second-order valence-electron chi connectivity index (χ2n) is 7.65. The highest BCUT2D eigenvalue weighted by Crippen LogP contribution is 2.34. The summed E-state index contributed by atoms with van der Waals surface area (Å²) in [6.45, 7) is 7.08. The van der Waals surface area contributed by atoms with Crippen LogP contribution in [0, 0.1) is 25.7 Å². The van der Waals surface area contributed by atoms with Crippen molar-refractivity contribution in [1.29, 1.82) is 0 Å². The molecule has 28 heavy (non-hydrogen) atoms. The third-order valence-corrected chi connectivity index (χ3v) is 5.75. The molecule has 5 rings (SSSR count). The van der Waals surface area contributed by atoms with E-state index in [1.165, 1.54) is 0 Å². The standard InChI is InChI=1S/C20H22N6O2/c1-13-6-17(14(2)28-13)20(27)25-10-15-8-24(9-16(15)11-25)18-7-19(22-12-21-18)26-5-3-4-23-26/h3-7,12,15-16H,8-11H2,1-2H3. The smallest absolute Gasteiger partial charge is 0.257 e. The van der Waals surface area contributed by atoms with Crippen molar-refractivity contribution in [3.8, 4) is 5.82 Å². The normalized spacial score (nSPS) is 21.4. The average Bonchev–Trinajstić information content (AvgIpc) is 3.45. The van der Waals surface area contributed by atoms with Crippen molar-refractivity contribution < 1.29 is 9.21 Å². The number of fused-ring (bicyclic) bond motifs is 1. The molecule has 2 fully saturated rings. The molecular weight excluding hydrogens is 356 g/mol. The fourth-order valence-electron chi connectivity index (χ4n) is 4.40. The first-order valence-electron chi connectivity index (χ1n) is 9.52. The van der Waals surface area contributed by atoms with E-state index in [0.717, 1.165) is 43.6 Å². The van der Waals surface area contributed by atoms with Crippen molar-refractivity contribution in [2.45, 2.75) is 13.8 Å². The maximum absolute atomic E-state index is 12.9. The highest BCUT2D eigenvalue weighted by Gasteiger charge is 2.42. The van der Waals surface area contributed by atoms with E-state index in [1.807, 2.05) is 43.1 Å². The molecule has 0 aromatic carbocycles. The molecule has 5 heterocycles. The molecule has 144 valence electrons. The number of rotatable bonds is 3. The van der Waals surface area contributed by atoms with Crippen molar-refractivity contribution in [2.75, 3.05) is 31.1 Å². The molecule has 0 aliphatic carbocycles. The van der Waals surface area contributed by atoms with Crippen LogP contribution in [0.25, 0.3) is 5.82 Å². The van der Waals surface area contributed by atoms with Crippen molar-refractivity contribution in [2.24, 2.45) is 11.8 Å². The van der Waals surface area contributed by atoms with Crippen LogP contribution in [0.3, 0.4) is 0 Å². The summed E-state index contributed by atoms with van der Waals surface area (Å²) < 4.78 is 7.26. The summed E-state index contributed by atoms with van der Waals surface area (Å²) >= 11 is 0. The monoisotopic (exact) mass is 378 g/mol. The Labute approximate surface area is 162 Å². The Morgan fingerprint density at radius 3 is 2.46 bits per heavy atom. The minimum Gasteiger partial charge on any atom is -0.466 e. The summed E-state index contributed by atoms with van der Waals surface area (Å²) in [5.74, 6) is 4.15. The lowest BCUT2D eigenvalue weighted by Crippen LogP contribution is -2.33. The zero-order valence-electron chi connectivity index (χ0n) is 15.9. The van der Waals surface area contributed by atoms with Crippen LogP contribution in [0.5, 0.6) is 0 Å². The number of aromatic nitrogens is 4. The van der Waals surface area contributed by atoms with Crippen LogP contribution in [0.1, 0.15) is 21.9 Å². The van der Waals surface area contributed by atoms with E-state index in [9.17, 15) is 4.79 Å². The Bertz CT molecular complexity index is 998. The number of anilines is 1. The third-order valence-electron chi connectivity index (χ3n) is 5.75. The quantitative estimate of drug-likeness (QED) is 0.694. The maximum Gasteiger partial charge on any atom is 0.257 e. The molecule has 1 amide bonds. The van der Waals surface area contributed by atoms with Gasteiger partial charge < -0.3 is 14.2 Å². The SMILES string of the molecule is Cc1cc(C(=O)N2CC3CN(c4cc(-n5cccn5)ncn4)CC3C2)c(C)o1. The molecule has 0 bridgehead atoms. The lowest BCUT2D eigenvalue weighted by Gasteiger charge is -2.22. The van der Waals surface area contributed by atoms with E-state index in [2.05, 4.69) is 20.0 Å². The number of aryl methyl sites for hydroxylation is 2. The van der Waals surface area contributed by atoms with Crippen LogP contribution < -0.4 is 4.90 Å². The van der Waals surface area contributed by atoms with Crippen molar-refractivity contribution >= 4 is 11.7 Å². The van der Waals surface area contributed by atoms with Crippen LogP contribution in [-0.2, 0) is 0 Å². The van der Waals surface area contributed by atoms with Gasteiger partial charge in [0.2, 0.25) is 0 Å². The highest BCUT2D eigenvalue weighted by molar-refractivity contribution is 5.95. The Morgan fingerprint density at radius 2 is 1.82 bits per heavy atom. The van der Waals surface area contributed by atoms with Crippen molar-refractivity contribution in [3.63, 3.8) is 0 Å². The largest absolute Gasteiger partial charge is 0.466 e. The minimum absolute atomic E-state index is 0.0818. The van der Waals surface area contributed by atoms with Crippen LogP contribution in [0.15, 0.2) is 41.3 Å². The number of carbonyl (C=O) groups excluding carboxylic acids is 1. The summed E-state index contributed by atoms with van der Waals surface area (Å²) in [4.78, 5) is 25.9. The number of hydrogen-bond acceptors (Lipinski definition) is 6. The zero-order chi connectivity index (χ0) is 19.3. The molecular formula is C20H22N6O2. The molecule has 3 aromatic heterocycles. The van der Waals surface area contributed by atoms with Gasteiger partial charge in [-0.3, -0.25) is 4.79 Å². The predicted octanol–water partition coefficient (Wildman–Crippen LogP) is 2.08. The van der Waals surface area contributed by atoms with Gasteiger partial charge in [0.15, 0.2) is 5.82 Å². The number of carbonyl (C=O) groups is 1. The van der Waals surface area contributed by atoms with Gasteiger partial charge in [-0.15, -0.1) is 0 Å². The fraction of sp³-hybridized carbons (Fsp3) is 0.400. The molecule has 2 unspecified atom stereocenters. The van der Waals surface area contributed by atoms with Crippen LogP contribution in [0.4, 0.5) is 5.82 Å². The average molecular weight is 378 g/mol. The van der Waals surface area contributed by atoms with E-state index < -0.39 is 0 Å². The number of furan rings is 1. The molecule has 8 heteroatoms. The molecule has 0 radical (unpaired) electrons. The van der Waals surface area contributed by atoms with E-state index in [-0.39, 0.29) is 5.91 Å². The summed E-state index contributed by atoms with van der Waals surface area (Å²) in [7, 11) is 0. The van der Waals surface area contributed by atoms with E-state index in [1.54, 1.807) is 17.2 Å². The van der Waals surface area contributed by atoms with Gasteiger partial charge in [-0.25, -0.2) is 14.6 Å². The van der Waals surface area contributed by atoms with Gasteiger partial charge >= 0.3 is 0 Å². The van der Waals surface area contributed by atoms with E-state index in [4.69, 9.17) is 4.42 Å². The fourth-order valence-corrected chi connectivity index (χ4v) is 4.40. The van der Waals surface area contributed by atoms with Crippen LogP contribution in [-0.4, -0.2) is 56.7 Å². The number of nitrogens with zero attached hydrogens (tertiary/aromatic N) is 6. The van der Waals surface area contributed by atoms with Crippen molar-refractivity contribution in [3.05, 3.63) is 54.0 Å². The van der Waals surface area contributed by atoms with E-state index >= 15 is 0 Å². The summed E-state index contributed by atoms with van der Waals surface area (Å²) in [6, 6.07) is 5.68. The Morgan fingerprint density at radius 1 is 1.07 bits per heavy atom. The second-order valence-corrected chi connectivity index (χ2v) is 7.65. The Hall–Kier alpha value is -3.16. The molecule has 2 aliphatic heterocycles. The van der Waals surface area contributed by atoms with Crippen LogP contribution in [0.2, 0.25) is 0 Å². The van der Waals surface area contributed by atoms with Gasteiger partial charge in [-0.2, -0.15) is 5.10 Å². The number of likely N-dealkylation sites (tertiary alicyclic amines) is 1. The van der Waals surface area contributed by atoms with Gasteiger partial charge in [0.1, 0.15) is 23.7 Å². The molecule has 2 atom stereocenters. The third kappa shape index (κ3) is 2.85. The molecule has 3 aromatic rings. The molecule has 0 spiro atoms. The summed E-state index contributed by atoms with van der Waals surface area (Å²) in [5.41, 5.74) is 0.689. The molecule has 2 aliphatic rings. The highest BCUT2D eigenvalue weighted by atomic mass is 16.3. The summed E-state index contributed by atoms with van der Waals surface area (Å²) in [6.07, 6.45) is 5.19. The Balaban J connectivity index is 1.28.